The molecule has 4 heteroatoms. The van der Waals surface area contributed by atoms with E-state index in [1.165, 1.54) is 17.4 Å². The average Bonchev–Trinajstić information content (AvgIpc) is 2.73. The van der Waals surface area contributed by atoms with Gasteiger partial charge in [-0.25, -0.2) is 0 Å². The van der Waals surface area contributed by atoms with Gasteiger partial charge >= 0.3 is 0 Å². The number of carbonyl (C=O) groups is 1. The zero-order valence-corrected chi connectivity index (χ0v) is 14.4. The van der Waals surface area contributed by atoms with Crippen LogP contribution in [0.15, 0.2) is 23.0 Å². The molecule has 0 unspecified atom stereocenters. The van der Waals surface area contributed by atoms with E-state index in [1.54, 1.807) is 0 Å². The number of benzene rings is 1. The number of hydrogen-bond acceptors (Lipinski definition) is 3. The molecule has 0 aliphatic rings. The molecule has 1 aromatic heterocycles. The van der Waals surface area contributed by atoms with E-state index in [1.807, 2.05) is 52.8 Å². The van der Waals surface area contributed by atoms with Gasteiger partial charge in [0, 0.05) is 11.5 Å². The normalized spacial score (nSPS) is 13.7. The maximum absolute atomic E-state index is 12.1. The van der Waals surface area contributed by atoms with Gasteiger partial charge in [-0.1, -0.05) is 44.5 Å². The van der Waals surface area contributed by atoms with Gasteiger partial charge in [-0.15, -0.1) is 11.3 Å². The predicted molar refractivity (Wildman–Crippen MR) is 92.6 cm³/mol. The summed E-state index contributed by atoms with van der Waals surface area (Å²) in [4.78, 5) is 26.9. The van der Waals surface area contributed by atoms with Crippen LogP contribution in [-0.2, 0) is 4.79 Å². The first-order valence-corrected chi connectivity index (χ1v) is 8.03. The van der Waals surface area contributed by atoms with Crippen molar-refractivity contribution in [3.63, 3.8) is 0 Å². The molecule has 0 fully saturated rings. The topological polar surface area (TPSA) is 49.9 Å². The van der Waals surface area contributed by atoms with Crippen molar-refractivity contribution in [1.29, 1.82) is 0 Å². The second-order valence-electron chi connectivity index (χ2n) is 6.55. The van der Waals surface area contributed by atoms with Crippen LogP contribution in [0.3, 0.4) is 0 Å². The van der Waals surface area contributed by atoms with E-state index in [2.05, 4.69) is 11.1 Å². The quantitative estimate of drug-likeness (QED) is 0.924. The number of rotatable bonds is 2. The fraction of sp³-hybridized carbons (Fsp3) is 0.333. The number of aromatic nitrogens is 1. The summed E-state index contributed by atoms with van der Waals surface area (Å²) in [5.74, 6) is 0.00304. The summed E-state index contributed by atoms with van der Waals surface area (Å²) < 4.78 is 1.21. The Morgan fingerprint density at radius 3 is 2.55 bits per heavy atom. The molecule has 1 heterocycles. The first kappa shape index (κ1) is 16.4. The van der Waals surface area contributed by atoms with Crippen LogP contribution in [0.4, 0.5) is 0 Å². The molecule has 0 radical (unpaired) electrons. The van der Waals surface area contributed by atoms with Gasteiger partial charge in [-0.2, -0.15) is 0 Å². The smallest absolute Gasteiger partial charge is 0.266 e. The summed E-state index contributed by atoms with van der Waals surface area (Å²) in [5, 5.41) is 0. The van der Waals surface area contributed by atoms with E-state index in [0.717, 1.165) is 16.7 Å². The number of Topliss-reactive ketones (excluding diaryl/α,β-unsaturated/α-hetero) is 1. The molecular formula is C18H21NO2S. The molecule has 0 aliphatic carbocycles. The van der Waals surface area contributed by atoms with Gasteiger partial charge in [0.2, 0.25) is 0 Å². The minimum absolute atomic E-state index is 0.00304. The van der Waals surface area contributed by atoms with E-state index >= 15 is 0 Å². The predicted octanol–water partition coefficient (Wildman–Crippen LogP) is 2.28. The lowest BCUT2D eigenvalue weighted by Crippen LogP contribution is -2.22. The molecule has 1 aromatic carbocycles. The van der Waals surface area contributed by atoms with E-state index in [4.69, 9.17) is 0 Å². The van der Waals surface area contributed by atoms with Crippen LogP contribution in [-0.4, -0.2) is 10.8 Å². The van der Waals surface area contributed by atoms with Gasteiger partial charge in [0.05, 0.1) is 9.20 Å². The van der Waals surface area contributed by atoms with Crippen LogP contribution in [0.25, 0.3) is 12.2 Å². The van der Waals surface area contributed by atoms with Crippen LogP contribution < -0.4 is 14.8 Å². The van der Waals surface area contributed by atoms with Gasteiger partial charge < -0.3 is 4.98 Å². The zero-order valence-electron chi connectivity index (χ0n) is 13.6. The largest absolute Gasteiger partial charge is 0.313 e. The molecular weight excluding hydrogens is 294 g/mol. The third-order valence-corrected chi connectivity index (χ3v) is 4.37. The lowest BCUT2D eigenvalue weighted by atomic mass is 9.91. The Morgan fingerprint density at radius 1 is 1.23 bits per heavy atom. The molecule has 2 rings (SSSR count). The second kappa shape index (κ2) is 6.05. The van der Waals surface area contributed by atoms with Crippen molar-refractivity contribution in [3.8, 4) is 0 Å². The number of ketones is 1. The fourth-order valence-electron chi connectivity index (χ4n) is 1.92. The molecule has 0 saturated heterocycles. The van der Waals surface area contributed by atoms with Crippen LogP contribution >= 0.6 is 11.3 Å². The Bertz CT molecular complexity index is 879. The van der Waals surface area contributed by atoms with E-state index in [-0.39, 0.29) is 11.3 Å². The van der Waals surface area contributed by atoms with E-state index < -0.39 is 5.41 Å². The number of H-pyrrole nitrogens is 1. The van der Waals surface area contributed by atoms with Gasteiger partial charge in [0.1, 0.15) is 0 Å². The molecule has 3 nitrogen and oxygen atoms in total. The molecule has 1 N–H and O–H groups in total. The highest BCUT2D eigenvalue weighted by atomic mass is 32.1. The standard InChI is InChI=1S/C18H21NO2S/c1-11-6-7-12(2)13(8-11)9-14-17(21)19-16(22-14)10-15(20)18(3,4)5/h6-10H,1-5H3,(H,19,21)/b14-9-,16-10+. The van der Waals surface area contributed by atoms with Crippen molar-refractivity contribution >= 4 is 29.3 Å². The minimum atomic E-state index is -0.447. The zero-order chi connectivity index (χ0) is 16.5. The summed E-state index contributed by atoms with van der Waals surface area (Å²) in [7, 11) is 0. The molecule has 0 amide bonds. The third kappa shape index (κ3) is 3.83. The Balaban J connectivity index is 2.54. The molecule has 0 atom stereocenters. The first-order chi connectivity index (χ1) is 10.2. The first-order valence-electron chi connectivity index (χ1n) is 7.21. The van der Waals surface area contributed by atoms with Gasteiger partial charge in [0.15, 0.2) is 5.78 Å². The maximum Gasteiger partial charge on any atom is 0.266 e. The third-order valence-electron chi connectivity index (χ3n) is 3.40. The van der Waals surface area contributed by atoms with Crippen molar-refractivity contribution in [1.82, 2.24) is 4.98 Å². The Labute approximate surface area is 134 Å². The summed E-state index contributed by atoms with van der Waals surface area (Å²) in [6.07, 6.45) is 3.40. The van der Waals surface area contributed by atoms with E-state index in [0.29, 0.717) is 9.20 Å². The summed E-state index contributed by atoms with van der Waals surface area (Å²) >= 11 is 1.31. The molecule has 0 bridgehead atoms. The molecule has 2 aromatic rings. The number of thiazole rings is 1. The van der Waals surface area contributed by atoms with Crippen molar-refractivity contribution in [3.05, 3.63) is 54.4 Å². The molecule has 0 saturated carbocycles. The lowest BCUT2D eigenvalue weighted by molar-refractivity contribution is -0.119. The minimum Gasteiger partial charge on any atom is -0.313 e. The number of carbonyl (C=O) groups excluding carboxylic acids is 1. The SMILES string of the molecule is Cc1ccc(C)c(/C=c2\s/c(=C/C(=O)C(C)(C)C)[nH]c2=O)c1. The van der Waals surface area contributed by atoms with Crippen molar-refractivity contribution in [2.24, 2.45) is 5.41 Å². The Morgan fingerprint density at radius 2 is 1.91 bits per heavy atom. The van der Waals surface area contributed by atoms with Crippen molar-refractivity contribution in [2.75, 3.05) is 0 Å². The molecule has 0 spiro atoms. The van der Waals surface area contributed by atoms with Crippen LogP contribution in [0, 0.1) is 19.3 Å². The molecule has 22 heavy (non-hydrogen) atoms. The number of aryl methyl sites for hydroxylation is 2. The van der Waals surface area contributed by atoms with Gasteiger partial charge in [-0.05, 0) is 31.1 Å². The van der Waals surface area contributed by atoms with Crippen LogP contribution in [0.1, 0.15) is 37.5 Å². The monoisotopic (exact) mass is 315 g/mol. The summed E-state index contributed by atoms with van der Waals surface area (Å²) in [6, 6.07) is 6.14. The average molecular weight is 315 g/mol. The summed E-state index contributed by atoms with van der Waals surface area (Å²) in [5.41, 5.74) is 2.70. The highest BCUT2D eigenvalue weighted by molar-refractivity contribution is 7.07. The van der Waals surface area contributed by atoms with Crippen LogP contribution in [0.2, 0.25) is 0 Å². The fourth-order valence-corrected chi connectivity index (χ4v) is 2.79. The van der Waals surface area contributed by atoms with E-state index in [9.17, 15) is 9.59 Å². The van der Waals surface area contributed by atoms with Gasteiger partial charge in [0.25, 0.3) is 5.56 Å². The molecule has 116 valence electrons. The number of aromatic amines is 1. The summed E-state index contributed by atoms with van der Waals surface area (Å²) in [6.45, 7) is 9.63. The highest BCUT2D eigenvalue weighted by Gasteiger charge is 2.18. The lowest BCUT2D eigenvalue weighted by Gasteiger charge is -2.12. The van der Waals surface area contributed by atoms with Crippen LogP contribution in [0.5, 0.6) is 0 Å². The molecule has 0 aliphatic heterocycles. The number of hydrogen-bond donors (Lipinski definition) is 1. The maximum atomic E-state index is 12.1. The number of nitrogens with one attached hydrogen (secondary N) is 1. The Hall–Kier alpha value is -1.94. The van der Waals surface area contributed by atoms with Gasteiger partial charge in [-0.3, -0.25) is 9.59 Å². The van der Waals surface area contributed by atoms with Crippen molar-refractivity contribution < 1.29 is 4.79 Å². The Kier molecular flexibility index (Phi) is 4.52. The second-order valence-corrected chi connectivity index (χ2v) is 7.63. The van der Waals surface area contributed by atoms with Crippen molar-refractivity contribution in [2.45, 2.75) is 34.6 Å². The highest BCUT2D eigenvalue weighted by Crippen LogP contribution is 2.14.